The van der Waals surface area contributed by atoms with Crippen molar-refractivity contribution in [1.82, 2.24) is 5.43 Å². The van der Waals surface area contributed by atoms with Crippen molar-refractivity contribution in [1.29, 1.82) is 0 Å². The first kappa shape index (κ1) is 17.6. The van der Waals surface area contributed by atoms with Gasteiger partial charge >= 0.3 is 11.8 Å². The molecule has 2 rings (SSSR count). The van der Waals surface area contributed by atoms with E-state index < -0.39 is 17.6 Å². The minimum absolute atomic E-state index is 0.0877. The fourth-order valence-electron chi connectivity index (χ4n) is 1.76. The first-order valence-electron chi connectivity index (χ1n) is 6.73. The Morgan fingerprint density at radius 1 is 1.21 bits per heavy atom. The van der Waals surface area contributed by atoms with Gasteiger partial charge < -0.3 is 10.1 Å². The summed E-state index contributed by atoms with van der Waals surface area (Å²) in [6.07, 6.45) is 1.33. The SMILES string of the molecule is COc1ccc(Br)cc1/C=N/NC(=O)C(=O)Nc1ccccc1F. The lowest BCUT2D eigenvalue weighted by Crippen LogP contribution is -2.32. The summed E-state index contributed by atoms with van der Waals surface area (Å²) in [5.74, 6) is -2.14. The van der Waals surface area contributed by atoms with E-state index in [-0.39, 0.29) is 5.69 Å². The van der Waals surface area contributed by atoms with Gasteiger partial charge in [-0.2, -0.15) is 5.10 Å². The van der Waals surface area contributed by atoms with Crippen LogP contribution in [0.15, 0.2) is 52.0 Å². The molecule has 0 aliphatic heterocycles. The first-order valence-corrected chi connectivity index (χ1v) is 7.53. The number of carbonyl (C=O) groups excluding carboxylic acids is 2. The number of hydrogen-bond acceptors (Lipinski definition) is 4. The first-order chi connectivity index (χ1) is 11.5. The van der Waals surface area contributed by atoms with Crippen LogP contribution < -0.4 is 15.5 Å². The van der Waals surface area contributed by atoms with Gasteiger partial charge in [-0.3, -0.25) is 9.59 Å². The van der Waals surface area contributed by atoms with Gasteiger partial charge in [0.05, 0.1) is 19.0 Å². The quantitative estimate of drug-likeness (QED) is 0.476. The van der Waals surface area contributed by atoms with Crippen molar-refractivity contribution in [3.8, 4) is 5.75 Å². The normalized spacial score (nSPS) is 10.5. The Bertz CT molecular complexity index is 796. The van der Waals surface area contributed by atoms with Crippen molar-refractivity contribution in [3.63, 3.8) is 0 Å². The van der Waals surface area contributed by atoms with Crippen LogP contribution in [-0.4, -0.2) is 25.1 Å². The fraction of sp³-hybridized carbons (Fsp3) is 0.0625. The molecule has 0 spiro atoms. The van der Waals surface area contributed by atoms with Gasteiger partial charge in [0.1, 0.15) is 11.6 Å². The Hall–Kier alpha value is -2.74. The monoisotopic (exact) mass is 393 g/mol. The van der Waals surface area contributed by atoms with E-state index in [4.69, 9.17) is 4.74 Å². The predicted octanol–water partition coefficient (Wildman–Crippen LogP) is 2.69. The highest BCUT2D eigenvalue weighted by atomic mass is 79.9. The highest BCUT2D eigenvalue weighted by molar-refractivity contribution is 9.10. The standard InChI is InChI=1S/C16H13BrFN3O3/c1-24-14-7-6-11(17)8-10(14)9-19-21-16(23)15(22)20-13-5-3-2-4-12(13)18/h2-9H,1H3,(H,20,22)(H,21,23)/b19-9+. The molecule has 0 unspecified atom stereocenters. The van der Waals surface area contributed by atoms with E-state index >= 15 is 0 Å². The lowest BCUT2D eigenvalue weighted by atomic mass is 10.2. The molecule has 6 nitrogen and oxygen atoms in total. The van der Waals surface area contributed by atoms with Gasteiger partial charge in [0.2, 0.25) is 0 Å². The molecule has 0 aromatic heterocycles. The molecule has 24 heavy (non-hydrogen) atoms. The van der Waals surface area contributed by atoms with E-state index in [1.807, 2.05) is 0 Å². The Morgan fingerprint density at radius 3 is 2.67 bits per heavy atom. The van der Waals surface area contributed by atoms with Gasteiger partial charge in [-0.1, -0.05) is 28.1 Å². The van der Waals surface area contributed by atoms with E-state index in [2.05, 4.69) is 31.8 Å². The molecular formula is C16H13BrFN3O3. The van der Waals surface area contributed by atoms with Gasteiger partial charge in [-0.15, -0.1) is 0 Å². The molecule has 2 aromatic rings. The van der Waals surface area contributed by atoms with Crippen molar-refractivity contribution in [2.45, 2.75) is 0 Å². The Kier molecular flexibility index (Phi) is 6.02. The van der Waals surface area contributed by atoms with Gasteiger partial charge in [0.15, 0.2) is 0 Å². The van der Waals surface area contributed by atoms with Crippen LogP contribution in [0.3, 0.4) is 0 Å². The summed E-state index contributed by atoms with van der Waals surface area (Å²) in [4.78, 5) is 23.4. The van der Waals surface area contributed by atoms with Gasteiger partial charge in [0.25, 0.3) is 0 Å². The van der Waals surface area contributed by atoms with Gasteiger partial charge in [0, 0.05) is 10.0 Å². The average molecular weight is 394 g/mol. The second-order valence-electron chi connectivity index (χ2n) is 4.52. The smallest absolute Gasteiger partial charge is 0.329 e. The van der Waals surface area contributed by atoms with Crippen LogP contribution in [-0.2, 0) is 9.59 Å². The number of hydrazone groups is 1. The molecule has 0 aliphatic rings. The number of nitrogens with one attached hydrogen (secondary N) is 2. The molecule has 2 amide bonds. The van der Waals surface area contributed by atoms with Crippen LogP contribution in [0.4, 0.5) is 10.1 Å². The maximum Gasteiger partial charge on any atom is 0.329 e. The lowest BCUT2D eigenvalue weighted by Gasteiger charge is -2.05. The van der Waals surface area contributed by atoms with Gasteiger partial charge in [-0.25, -0.2) is 9.82 Å². The number of rotatable bonds is 4. The molecule has 0 saturated heterocycles. The number of halogens is 2. The summed E-state index contributed by atoms with van der Waals surface area (Å²) in [5.41, 5.74) is 2.58. The van der Waals surface area contributed by atoms with Crippen LogP contribution >= 0.6 is 15.9 Å². The fourth-order valence-corrected chi connectivity index (χ4v) is 2.14. The minimum Gasteiger partial charge on any atom is -0.496 e. The van der Waals surface area contributed by atoms with Crippen molar-refractivity contribution < 1.29 is 18.7 Å². The number of benzene rings is 2. The summed E-state index contributed by atoms with van der Waals surface area (Å²) in [6, 6.07) is 10.8. The van der Waals surface area contributed by atoms with E-state index in [1.165, 1.54) is 37.6 Å². The highest BCUT2D eigenvalue weighted by Crippen LogP contribution is 2.21. The molecule has 2 aromatic carbocycles. The molecule has 0 heterocycles. The van der Waals surface area contributed by atoms with Crippen LogP contribution in [0, 0.1) is 5.82 Å². The predicted molar refractivity (Wildman–Crippen MR) is 91.5 cm³/mol. The average Bonchev–Trinajstić information content (AvgIpc) is 2.57. The van der Waals surface area contributed by atoms with Gasteiger partial charge in [-0.05, 0) is 30.3 Å². The second kappa shape index (κ2) is 8.21. The second-order valence-corrected chi connectivity index (χ2v) is 5.44. The molecule has 0 saturated carbocycles. The molecule has 0 fully saturated rings. The Morgan fingerprint density at radius 2 is 1.96 bits per heavy atom. The number of ether oxygens (including phenoxy) is 1. The number of para-hydroxylation sites is 1. The van der Waals surface area contributed by atoms with E-state index in [0.29, 0.717) is 11.3 Å². The van der Waals surface area contributed by atoms with E-state index in [9.17, 15) is 14.0 Å². The zero-order valence-electron chi connectivity index (χ0n) is 12.5. The topological polar surface area (TPSA) is 79.8 Å². The van der Waals surface area contributed by atoms with Crippen LogP contribution in [0.25, 0.3) is 0 Å². The molecule has 124 valence electrons. The number of carbonyl (C=O) groups is 2. The number of methoxy groups -OCH3 is 1. The summed E-state index contributed by atoms with van der Waals surface area (Å²) < 4.78 is 19.4. The number of hydrogen-bond donors (Lipinski definition) is 2. The summed E-state index contributed by atoms with van der Waals surface area (Å²) >= 11 is 3.31. The number of anilines is 1. The molecule has 8 heteroatoms. The lowest BCUT2D eigenvalue weighted by molar-refractivity contribution is -0.136. The largest absolute Gasteiger partial charge is 0.496 e. The molecular weight excluding hydrogens is 381 g/mol. The molecule has 0 radical (unpaired) electrons. The third-order valence-corrected chi connectivity index (χ3v) is 3.38. The Labute approximate surface area is 145 Å². The molecule has 0 atom stereocenters. The van der Waals surface area contributed by atoms with E-state index in [1.54, 1.807) is 18.2 Å². The summed E-state index contributed by atoms with van der Waals surface area (Å²) in [7, 11) is 1.50. The molecule has 0 bridgehead atoms. The Balaban J connectivity index is 1.99. The van der Waals surface area contributed by atoms with Crippen molar-refractivity contribution >= 4 is 39.6 Å². The molecule has 0 aliphatic carbocycles. The summed E-state index contributed by atoms with van der Waals surface area (Å²) in [5, 5.41) is 5.85. The van der Waals surface area contributed by atoms with Crippen LogP contribution in [0.1, 0.15) is 5.56 Å². The summed E-state index contributed by atoms with van der Waals surface area (Å²) in [6.45, 7) is 0. The zero-order valence-corrected chi connectivity index (χ0v) is 14.1. The van der Waals surface area contributed by atoms with Crippen molar-refractivity contribution in [2.24, 2.45) is 5.10 Å². The van der Waals surface area contributed by atoms with Crippen molar-refractivity contribution in [2.75, 3.05) is 12.4 Å². The minimum atomic E-state index is -1.03. The maximum absolute atomic E-state index is 13.4. The van der Waals surface area contributed by atoms with E-state index in [0.717, 1.165) is 4.47 Å². The van der Waals surface area contributed by atoms with Crippen LogP contribution in [0.2, 0.25) is 0 Å². The number of nitrogens with zero attached hydrogens (tertiary/aromatic N) is 1. The van der Waals surface area contributed by atoms with Crippen molar-refractivity contribution in [3.05, 3.63) is 58.3 Å². The van der Waals surface area contributed by atoms with Crippen LogP contribution in [0.5, 0.6) is 5.75 Å². The number of amides is 2. The maximum atomic E-state index is 13.4. The highest BCUT2D eigenvalue weighted by Gasteiger charge is 2.14. The third-order valence-electron chi connectivity index (χ3n) is 2.89. The third kappa shape index (κ3) is 4.63. The molecule has 2 N–H and O–H groups in total. The zero-order chi connectivity index (χ0) is 17.5.